The zero-order valence-electron chi connectivity index (χ0n) is 11.7. The van der Waals surface area contributed by atoms with Gasteiger partial charge in [-0.25, -0.2) is 4.39 Å². The van der Waals surface area contributed by atoms with E-state index < -0.39 is 0 Å². The van der Waals surface area contributed by atoms with Crippen LogP contribution in [0.5, 0.6) is 11.8 Å². The first-order valence-corrected chi connectivity index (χ1v) is 7.19. The molecule has 108 valence electrons. The molecular weight excluding hydrogens is 269 g/mol. The molecule has 4 heteroatoms. The number of allylic oxidation sites excluding steroid dienone is 2. The summed E-state index contributed by atoms with van der Waals surface area (Å²) in [6, 6.07) is 4.56. The molecule has 0 saturated carbocycles. The molecule has 2 aromatic rings. The minimum Gasteiger partial charge on any atom is -0.494 e. The maximum absolute atomic E-state index is 13.4. The number of hydrogen-bond donors (Lipinski definition) is 2. The van der Waals surface area contributed by atoms with Crippen LogP contribution in [0, 0.1) is 12.7 Å². The van der Waals surface area contributed by atoms with E-state index >= 15 is 0 Å². The second-order valence-electron chi connectivity index (χ2n) is 5.92. The van der Waals surface area contributed by atoms with Crippen molar-refractivity contribution in [3.05, 3.63) is 52.9 Å². The molecule has 0 radical (unpaired) electrons. The van der Waals surface area contributed by atoms with Crippen LogP contribution in [0.15, 0.2) is 30.4 Å². The predicted molar refractivity (Wildman–Crippen MR) is 77.6 cm³/mol. The highest BCUT2D eigenvalue weighted by Crippen LogP contribution is 2.54. The molecule has 1 heterocycles. The van der Waals surface area contributed by atoms with Gasteiger partial charge in [0.1, 0.15) is 5.82 Å². The number of aromatic nitrogens is 1. The molecule has 0 spiro atoms. The number of benzene rings is 1. The Kier molecular flexibility index (Phi) is 2.46. The number of aryl methyl sites for hydroxylation is 1. The lowest BCUT2D eigenvalue weighted by Gasteiger charge is -2.30. The van der Waals surface area contributed by atoms with Crippen molar-refractivity contribution in [3.63, 3.8) is 0 Å². The molecule has 0 aliphatic heterocycles. The van der Waals surface area contributed by atoms with Crippen LogP contribution < -0.4 is 0 Å². The second-order valence-corrected chi connectivity index (χ2v) is 5.92. The van der Waals surface area contributed by atoms with Gasteiger partial charge in [0, 0.05) is 23.0 Å². The van der Waals surface area contributed by atoms with Crippen LogP contribution >= 0.6 is 0 Å². The molecular formula is C17H16FNO2. The topological polar surface area (TPSA) is 45.4 Å². The number of fused-ring (bicyclic) bond motifs is 1. The third-order valence-corrected chi connectivity index (χ3v) is 4.70. The quantitative estimate of drug-likeness (QED) is 0.781. The Hall–Kier alpha value is -2.23. The van der Waals surface area contributed by atoms with Crippen molar-refractivity contribution in [1.29, 1.82) is 0 Å². The molecule has 3 aliphatic carbocycles. The third-order valence-electron chi connectivity index (χ3n) is 4.70. The maximum Gasteiger partial charge on any atom is 0.202 e. The number of halogens is 1. The van der Waals surface area contributed by atoms with Crippen LogP contribution in [0.25, 0.3) is 5.69 Å². The third kappa shape index (κ3) is 1.59. The normalized spacial score (nSPS) is 22.6. The molecule has 0 fully saturated rings. The molecule has 3 aliphatic rings. The molecule has 0 unspecified atom stereocenters. The van der Waals surface area contributed by atoms with Gasteiger partial charge in [-0.3, -0.25) is 4.57 Å². The molecule has 2 atom stereocenters. The van der Waals surface area contributed by atoms with Crippen molar-refractivity contribution in [2.75, 3.05) is 0 Å². The van der Waals surface area contributed by atoms with Gasteiger partial charge in [0.15, 0.2) is 0 Å². The minimum atomic E-state index is -0.295. The van der Waals surface area contributed by atoms with Crippen molar-refractivity contribution >= 4 is 0 Å². The highest BCUT2D eigenvalue weighted by atomic mass is 19.1. The highest BCUT2D eigenvalue weighted by Gasteiger charge is 2.37. The Morgan fingerprint density at radius 1 is 1.05 bits per heavy atom. The van der Waals surface area contributed by atoms with Crippen LogP contribution in [0.4, 0.5) is 4.39 Å². The smallest absolute Gasteiger partial charge is 0.202 e. The fourth-order valence-corrected chi connectivity index (χ4v) is 3.63. The summed E-state index contributed by atoms with van der Waals surface area (Å²) in [7, 11) is 0. The van der Waals surface area contributed by atoms with E-state index in [1.54, 1.807) is 19.1 Å². The summed E-state index contributed by atoms with van der Waals surface area (Å²) in [5.74, 6) is 0.189. The fourth-order valence-electron chi connectivity index (χ4n) is 3.63. The summed E-state index contributed by atoms with van der Waals surface area (Å²) in [6.45, 7) is 1.67. The average Bonchev–Trinajstić information content (AvgIpc) is 2.78. The largest absolute Gasteiger partial charge is 0.494 e. The van der Waals surface area contributed by atoms with Crippen LogP contribution in [0.2, 0.25) is 0 Å². The van der Waals surface area contributed by atoms with Gasteiger partial charge in [0.25, 0.3) is 0 Å². The van der Waals surface area contributed by atoms with Crippen molar-refractivity contribution < 1.29 is 14.6 Å². The summed E-state index contributed by atoms with van der Waals surface area (Å²) in [5.41, 5.74) is 2.72. The Labute approximate surface area is 122 Å². The van der Waals surface area contributed by atoms with E-state index in [4.69, 9.17) is 0 Å². The Bertz CT molecular complexity index is 738. The van der Waals surface area contributed by atoms with Crippen LogP contribution in [0.3, 0.4) is 0 Å². The predicted octanol–water partition coefficient (Wildman–Crippen LogP) is 3.87. The van der Waals surface area contributed by atoms with Crippen molar-refractivity contribution in [3.8, 4) is 17.4 Å². The Morgan fingerprint density at radius 2 is 1.62 bits per heavy atom. The summed E-state index contributed by atoms with van der Waals surface area (Å²) < 4.78 is 14.9. The number of nitrogens with zero attached hydrogens (tertiary/aromatic N) is 1. The molecule has 0 saturated heterocycles. The van der Waals surface area contributed by atoms with Crippen molar-refractivity contribution in [1.82, 2.24) is 4.57 Å². The lowest BCUT2D eigenvalue weighted by Crippen LogP contribution is -2.15. The first-order valence-electron chi connectivity index (χ1n) is 7.19. The van der Waals surface area contributed by atoms with E-state index in [9.17, 15) is 14.6 Å². The molecule has 1 aromatic heterocycles. The first-order chi connectivity index (χ1) is 10.1. The molecule has 21 heavy (non-hydrogen) atoms. The van der Waals surface area contributed by atoms with Crippen molar-refractivity contribution in [2.24, 2.45) is 0 Å². The molecule has 5 rings (SSSR count). The van der Waals surface area contributed by atoms with Crippen LogP contribution in [-0.4, -0.2) is 14.8 Å². The van der Waals surface area contributed by atoms with E-state index in [2.05, 4.69) is 12.2 Å². The molecule has 0 amide bonds. The van der Waals surface area contributed by atoms with E-state index in [-0.39, 0.29) is 29.4 Å². The lowest BCUT2D eigenvalue weighted by molar-refractivity contribution is 0.399. The van der Waals surface area contributed by atoms with E-state index in [0.29, 0.717) is 11.3 Å². The summed E-state index contributed by atoms with van der Waals surface area (Å²) in [4.78, 5) is 0. The van der Waals surface area contributed by atoms with Gasteiger partial charge >= 0.3 is 0 Å². The molecule has 2 N–H and O–H groups in total. The highest BCUT2D eigenvalue weighted by molar-refractivity contribution is 5.60. The van der Waals surface area contributed by atoms with Gasteiger partial charge in [-0.1, -0.05) is 12.2 Å². The average molecular weight is 285 g/mol. The second kappa shape index (κ2) is 4.13. The van der Waals surface area contributed by atoms with Gasteiger partial charge in [0.2, 0.25) is 11.8 Å². The monoisotopic (exact) mass is 285 g/mol. The van der Waals surface area contributed by atoms with Gasteiger partial charge in [-0.15, -0.1) is 0 Å². The lowest BCUT2D eigenvalue weighted by atomic mass is 9.73. The Morgan fingerprint density at radius 3 is 2.10 bits per heavy atom. The van der Waals surface area contributed by atoms with Crippen LogP contribution in [-0.2, 0) is 0 Å². The SMILES string of the molecule is Cc1cc(-n2c(O)c3c(c2O)[C@H]2C=C[C@@H]3CC2)ccc1F. The zero-order valence-corrected chi connectivity index (χ0v) is 11.7. The summed E-state index contributed by atoms with van der Waals surface area (Å²) in [5, 5.41) is 21.1. The van der Waals surface area contributed by atoms with Gasteiger partial charge in [0.05, 0.1) is 5.69 Å². The first kappa shape index (κ1) is 12.5. The minimum absolute atomic E-state index is 0.0764. The fraction of sp³-hybridized carbons (Fsp3) is 0.294. The standard InChI is InChI=1S/C17H16FNO2/c1-9-8-12(6-7-13(9)18)19-16(20)14-10-2-3-11(5-4-10)15(14)17(19)21/h2-3,6-8,10-11,20-21H,4-5H2,1H3/t10-,11+. The molecule has 2 bridgehead atoms. The zero-order chi connectivity index (χ0) is 14.7. The van der Waals surface area contributed by atoms with E-state index in [1.165, 1.54) is 10.6 Å². The number of rotatable bonds is 1. The van der Waals surface area contributed by atoms with Gasteiger partial charge < -0.3 is 10.2 Å². The maximum atomic E-state index is 13.4. The van der Waals surface area contributed by atoms with E-state index in [1.807, 2.05) is 0 Å². The Balaban J connectivity index is 1.96. The molecule has 3 nitrogen and oxygen atoms in total. The van der Waals surface area contributed by atoms with Crippen LogP contribution in [0.1, 0.15) is 41.4 Å². The van der Waals surface area contributed by atoms with Crippen molar-refractivity contribution in [2.45, 2.75) is 31.6 Å². The van der Waals surface area contributed by atoms with E-state index in [0.717, 1.165) is 24.0 Å². The molecule has 1 aromatic carbocycles. The number of hydrogen-bond acceptors (Lipinski definition) is 2. The van der Waals surface area contributed by atoms with Gasteiger partial charge in [-0.05, 0) is 43.5 Å². The summed E-state index contributed by atoms with van der Waals surface area (Å²) >= 11 is 0. The summed E-state index contributed by atoms with van der Waals surface area (Å²) in [6.07, 6.45) is 6.20. The number of aromatic hydroxyl groups is 2. The van der Waals surface area contributed by atoms with Gasteiger partial charge in [-0.2, -0.15) is 0 Å².